The van der Waals surface area contributed by atoms with Crippen LogP contribution >= 0.6 is 0 Å². The first-order chi connectivity index (χ1) is 10.1. The fraction of sp³-hybridized carbons (Fsp3) is 0.167. The van der Waals surface area contributed by atoms with Crippen LogP contribution in [-0.4, -0.2) is 41.1 Å². The zero-order valence-electron chi connectivity index (χ0n) is 10.7. The van der Waals surface area contributed by atoms with Crippen LogP contribution in [0, 0.1) is 0 Å². The number of benzene rings is 1. The van der Waals surface area contributed by atoms with Crippen molar-refractivity contribution in [1.82, 2.24) is 30.0 Å². The summed E-state index contributed by atoms with van der Waals surface area (Å²) in [5, 5.41) is 24.2. The molecule has 0 aliphatic carbocycles. The first kappa shape index (κ1) is 12.9. The maximum absolute atomic E-state index is 12.2. The summed E-state index contributed by atoms with van der Waals surface area (Å²) < 4.78 is 2.55. The van der Waals surface area contributed by atoms with Gasteiger partial charge in [0, 0.05) is 0 Å². The highest BCUT2D eigenvalue weighted by molar-refractivity contribution is 5.84. The Morgan fingerprint density at radius 1 is 1.14 bits per heavy atom. The van der Waals surface area contributed by atoms with Crippen LogP contribution in [-0.2, 0) is 13.1 Å². The number of fused-ring (bicyclic) bond motifs is 1. The normalized spacial score (nSPS) is 10.9. The quantitative estimate of drug-likeness (QED) is 0.704. The Balaban J connectivity index is 1.83. The maximum atomic E-state index is 12.2. The van der Waals surface area contributed by atoms with Gasteiger partial charge in [-0.15, -0.1) is 10.2 Å². The topological polar surface area (TPSA) is 116 Å². The van der Waals surface area contributed by atoms with E-state index in [2.05, 4.69) is 20.6 Å². The molecule has 9 heteroatoms. The van der Waals surface area contributed by atoms with E-state index < -0.39 is 5.97 Å². The third kappa shape index (κ3) is 2.48. The Kier molecular flexibility index (Phi) is 3.14. The monoisotopic (exact) mass is 286 g/mol. The third-order valence-corrected chi connectivity index (χ3v) is 2.93. The fourth-order valence-electron chi connectivity index (χ4n) is 1.87. The van der Waals surface area contributed by atoms with Crippen LogP contribution in [0.2, 0.25) is 0 Å². The molecule has 2 aromatic heterocycles. The highest BCUT2D eigenvalue weighted by atomic mass is 16.4. The molecule has 3 aromatic rings. The number of hydrogen-bond acceptors (Lipinski definition) is 6. The minimum absolute atomic E-state index is 0.146. The van der Waals surface area contributed by atoms with Gasteiger partial charge in [-0.3, -0.25) is 4.79 Å². The van der Waals surface area contributed by atoms with Crippen molar-refractivity contribution < 1.29 is 9.90 Å². The molecule has 106 valence electrons. The third-order valence-electron chi connectivity index (χ3n) is 2.93. The Labute approximate surface area is 117 Å². The Bertz CT molecular complexity index is 869. The van der Waals surface area contributed by atoms with E-state index >= 15 is 0 Å². The second-order valence-electron chi connectivity index (χ2n) is 4.31. The van der Waals surface area contributed by atoms with Crippen molar-refractivity contribution in [3.05, 3.63) is 46.5 Å². The predicted octanol–water partition coefficient (Wildman–Crippen LogP) is -0.219. The van der Waals surface area contributed by atoms with Crippen LogP contribution < -0.4 is 5.56 Å². The number of aromatic nitrogens is 6. The standard InChI is InChI=1S/C12H10N6O3/c19-11-8-3-1-2-4-9(8)13-16-18(11)6-5-17-7-10(12(20)21)14-15-17/h1-4,7H,5-6H2,(H,20,21). The van der Waals surface area contributed by atoms with Crippen molar-refractivity contribution in [2.24, 2.45) is 0 Å². The highest BCUT2D eigenvalue weighted by Crippen LogP contribution is 2.03. The van der Waals surface area contributed by atoms with Gasteiger partial charge in [0.25, 0.3) is 5.56 Å². The second-order valence-corrected chi connectivity index (χ2v) is 4.31. The van der Waals surface area contributed by atoms with Gasteiger partial charge in [0.15, 0.2) is 5.69 Å². The van der Waals surface area contributed by atoms with Gasteiger partial charge in [0.05, 0.1) is 24.7 Å². The summed E-state index contributed by atoms with van der Waals surface area (Å²) in [5.41, 5.74) is 0.138. The van der Waals surface area contributed by atoms with Crippen LogP contribution in [0.25, 0.3) is 10.9 Å². The van der Waals surface area contributed by atoms with Gasteiger partial charge in [-0.05, 0) is 12.1 Å². The highest BCUT2D eigenvalue weighted by Gasteiger charge is 2.09. The molecule has 0 saturated carbocycles. The largest absolute Gasteiger partial charge is 0.476 e. The van der Waals surface area contributed by atoms with E-state index in [1.165, 1.54) is 15.6 Å². The molecule has 0 amide bonds. The van der Waals surface area contributed by atoms with Gasteiger partial charge in [-0.1, -0.05) is 22.6 Å². The molecule has 21 heavy (non-hydrogen) atoms. The first-order valence-corrected chi connectivity index (χ1v) is 6.11. The summed E-state index contributed by atoms with van der Waals surface area (Å²) in [6.45, 7) is 0.492. The molecule has 1 aromatic carbocycles. The van der Waals surface area contributed by atoms with Crippen molar-refractivity contribution in [2.75, 3.05) is 0 Å². The fourth-order valence-corrected chi connectivity index (χ4v) is 1.87. The molecular formula is C12H10N6O3. The van der Waals surface area contributed by atoms with Crippen LogP contribution in [0.3, 0.4) is 0 Å². The molecule has 9 nitrogen and oxygen atoms in total. The number of aryl methyl sites for hydroxylation is 2. The molecule has 3 rings (SSSR count). The van der Waals surface area contributed by atoms with Gasteiger partial charge >= 0.3 is 5.97 Å². The summed E-state index contributed by atoms with van der Waals surface area (Å²) in [6.07, 6.45) is 1.29. The molecule has 0 radical (unpaired) electrons. The number of aromatic carboxylic acids is 1. The summed E-state index contributed by atoms with van der Waals surface area (Å²) in [4.78, 5) is 22.9. The number of carbonyl (C=O) groups is 1. The zero-order chi connectivity index (χ0) is 14.8. The van der Waals surface area contributed by atoms with Gasteiger partial charge in [-0.2, -0.15) is 0 Å². The predicted molar refractivity (Wildman–Crippen MR) is 70.8 cm³/mol. The SMILES string of the molecule is O=C(O)c1cn(CCn2nnc3ccccc3c2=O)nn1. The molecule has 0 aliphatic heterocycles. The molecule has 1 N–H and O–H groups in total. The van der Waals surface area contributed by atoms with Crippen LogP contribution in [0.1, 0.15) is 10.5 Å². The van der Waals surface area contributed by atoms with E-state index in [9.17, 15) is 9.59 Å². The first-order valence-electron chi connectivity index (χ1n) is 6.11. The Hall–Kier alpha value is -3.10. The average Bonchev–Trinajstić information content (AvgIpc) is 2.96. The van der Waals surface area contributed by atoms with E-state index in [1.807, 2.05) is 0 Å². The Morgan fingerprint density at radius 3 is 2.71 bits per heavy atom. The minimum atomic E-state index is -1.15. The van der Waals surface area contributed by atoms with Crippen molar-refractivity contribution in [3.8, 4) is 0 Å². The van der Waals surface area contributed by atoms with Crippen molar-refractivity contribution >= 4 is 16.9 Å². The van der Waals surface area contributed by atoms with E-state index in [-0.39, 0.29) is 24.3 Å². The molecule has 0 aliphatic rings. The van der Waals surface area contributed by atoms with Crippen LogP contribution in [0.4, 0.5) is 0 Å². The molecular weight excluding hydrogens is 276 g/mol. The average molecular weight is 286 g/mol. The number of carboxylic acid groups (broad SMARTS) is 1. The summed E-state index contributed by atoms with van der Waals surface area (Å²) >= 11 is 0. The molecule has 0 saturated heterocycles. The second kappa shape index (κ2) is 5.12. The summed E-state index contributed by atoms with van der Waals surface area (Å²) in [6, 6.07) is 6.93. The lowest BCUT2D eigenvalue weighted by molar-refractivity contribution is 0.0690. The number of carboxylic acids is 1. The number of rotatable bonds is 4. The van der Waals surface area contributed by atoms with Crippen molar-refractivity contribution in [2.45, 2.75) is 13.1 Å². The maximum Gasteiger partial charge on any atom is 0.358 e. The lowest BCUT2D eigenvalue weighted by atomic mass is 10.2. The van der Waals surface area contributed by atoms with Crippen molar-refractivity contribution in [1.29, 1.82) is 0 Å². The van der Waals surface area contributed by atoms with E-state index in [4.69, 9.17) is 5.11 Å². The van der Waals surface area contributed by atoms with Crippen LogP contribution in [0.5, 0.6) is 0 Å². The number of nitrogens with zero attached hydrogens (tertiary/aromatic N) is 6. The van der Waals surface area contributed by atoms with Gasteiger partial charge in [0.1, 0.15) is 5.52 Å². The van der Waals surface area contributed by atoms with Gasteiger partial charge in [0.2, 0.25) is 0 Å². The lowest BCUT2D eigenvalue weighted by Gasteiger charge is -2.04. The van der Waals surface area contributed by atoms with Crippen molar-refractivity contribution in [3.63, 3.8) is 0 Å². The summed E-state index contributed by atoms with van der Waals surface area (Å²) in [5.74, 6) is -1.15. The zero-order valence-corrected chi connectivity index (χ0v) is 10.7. The summed E-state index contributed by atoms with van der Waals surface area (Å²) in [7, 11) is 0. The van der Waals surface area contributed by atoms with Gasteiger partial charge in [-0.25, -0.2) is 14.2 Å². The molecule has 0 atom stereocenters. The molecule has 0 unspecified atom stereocenters. The van der Waals surface area contributed by atoms with E-state index in [0.717, 1.165) is 0 Å². The smallest absolute Gasteiger partial charge is 0.358 e. The van der Waals surface area contributed by atoms with E-state index in [1.54, 1.807) is 24.3 Å². The van der Waals surface area contributed by atoms with Gasteiger partial charge < -0.3 is 5.11 Å². The van der Waals surface area contributed by atoms with Crippen LogP contribution in [0.15, 0.2) is 35.3 Å². The Morgan fingerprint density at radius 2 is 1.95 bits per heavy atom. The van der Waals surface area contributed by atoms with E-state index in [0.29, 0.717) is 10.9 Å². The minimum Gasteiger partial charge on any atom is -0.476 e. The molecule has 0 bridgehead atoms. The molecule has 2 heterocycles. The lowest BCUT2D eigenvalue weighted by Crippen LogP contribution is -2.26. The number of hydrogen-bond donors (Lipinski definition) is 1. The molecule has 0 spiro atoms. The molecule has 0 fully saturated rings.